The van der Waals surface area contributed by atoms with Crippen molar-refractivity contribution in [1.82, 2.24) is 10.2 Å². The van der Waals surface area contributed by atoms with Crippen molar-refractivity contribution in [3.8, 4) is 0 Å². The van der Waals surface area contributed by atoms with Crippen molar-refractivity contribution in [2.24, 2.45) is 23.7 Å². The van der Waals surface area contributed by atoms with Gasteiger partial charge >= 0.3 is 0 Å². The number of likely N-dealkylation sites (N-methyl/N-ethyl adjacent to an activating group) is 1. The molecule has 2 heteroatoms. The van der Waals surface area contributed by atoms with E-state index >= 15 is 0 Å². The first-order valence-electron chi connectivity index (χ1n) is 9.72. The molecule has 2 bridgehead atoms. The van der Waals surface area contributed by atoms with Crippen LogP contribution in [0.15, 0.2) is 0 Å². The van der Waals surface area contributed by atoms with Crippen LogP contribution in [-0.4, -0.2) is 37.1 Å². The Labute approximate surface area is 131 Å². The zero-order valence-corrected chi connectivity index (χ0v) is 13.9. The second kappa shape index (κ2) is 6.20. The van der Waals surface area contributed by atoms with Crippen LogP contribution in [0.4, 0.5) is 0 Å². The Bertz CT molecular complexity index is 355. The van der Waals surface area contributed by atoms with Gasteiger partial charge in [0.1, 0.15) is 0 Å². The molecule has 0 spiro atoms. The first kappa shape index (κ1) is 14.5. The summed E-state index contributed by atoms with van der Waals surface area (Å²) < 4.78 is 0. The van der Waals surface area contributed by atoms with Crippen LogP contribution in [0.5, 0.6) is 0 Å². The van der Waals surface area contributed by atoms with E-state index in [9.17, 15) is 0 Å². The highest BCUT2D eigenvalue weighted by atomic mass is 15.1. The SMILES string of the molecule is CN(CC1CCC2CCCCC2N1)CC1CC2CCC1C2. The first-order valence-corrected chi connectivity index (χ1v) is 9.72. The second-order valence-electron chi connectivity index (χ2n) is 8.75. The van der Waals surface area contributed by atoms with E-state index in [0.717, 1.165) is 35.8 Å². The fourth-order valence-electron chi connectivity index (χ4n) is 6.17. The van der Waals surface area contributed by atoms with Gasteiger partial charge in [-0.15, -0.1) is 0 Å². The van der Waals surface area contributed by atoms with E-state index in [1.165, 1.54) is 70.9 Å². The molecule has 0 amide bonds. The van der Waals surface area contributed by atoms with E-state index in [2.05, 4.69) is 17.3 Å². The highest BCUT2D eigenvalue weighted by Gasteiger charge is 2.40. The maximum atomic E-state index is 4.00. The van der Waals surface area contributed by atoms with Gasteiger partial charge in [-0.3, -0.25) is 0 Å². The smallest absolute Gasteiger partial charge is 0.0197 e. The Kier molecular flexibility index (Phi) is 4.28. The average Bonchev–Trinajstić information content (AvgIpc) is 3.09. The average molecular weight is 290 g/mol. The maximum Gasteiger partial charge on any atom is 0.0197 e. The molecule has 2 nitrogen and oxygen atoms in total. The Balaban J connectivity index is 1.24. The van der Waals surface area contributed by atoms with Crippen LogP contribution >= 0.6 is 0 Å². The van der Waals surface area contributed by atoms with Gasteiger partial charge in [0.2, 0.25) is 0 Å². The molecule has 0 aromatic carbocycles. The number of nitrogens with zero attached hydrogens (tertiary/aromatic N) is 1. The quantitative estimate of drug-likeness (QED) is 0.850. The minimum absolute atomic E-state index is 0.771. The number of hydrogen-bond acceptors (Lipinski definition) is 2. The number of fused-ring (bicyclic) bond motifs is 3. The van der Waals surface area contributed by atoms with Crippen molar-refractivity contribution >= 4 is 0 Å². The van der Waals surface area contributed by atoms with E-state index in [-0.39, 0.29) is 0 Å². The van der Waals surface area contributed by atoms with Gasteiger partial charge in [0, 0.05) is 25.2 Å². The Morgan fingerprint density at radius 2 is 1.71 bits per heavy atom. The van der Waals surface area contributed by atoms with Crippen LogP contribution in [-0.2, 0) is 0 Å². The van der Waals surface area contributed by atoms with Crippen molar-refractivity contribution in [2.45, 2.75) is 76.3 Å². The van der Waals surface area contributed by atoms with E-state index in [1.54, 1.807) is 6.42 Å². The third kappa shape index (κ3) is 3.17. The summed E-state index contributed by atoms with van der Waals surface area (Å²) in [6, 6.07) is 1.63. The van der Waals surface area contributed by atoms with Gasteiger partial charge in [-0.2, -0.15) is 0 Å². The molecule has 1 saturated heterocycles. The molecule has 21 heavy (non-hydrogen) atoms. The molecule has 120 valence electrons. The summed E-state index contributed by atoms with van der Waals surface area (Å²) in [4.78, 5) is 2.66. The van der Waals surface area contributed by atoms with Crippen molar-refractivity contribution < 1.29 is 0 Å². The lowest BCUT2D eigenvalue weighted by atomic mass is 9.77. The summed E-state index contributed by atoms with van der Waals surface area (Å²) in [6.07, 6.45) is 15.0. The van der Waals surface area contributed by atoms with Crippen LogP contribution in [0, 0.1) is 23.7 Å². The molecular weight excluding hydrogens is 256 g/mol. The fraction of sp³-hybridized carbons (Fsp3) is 1.00. The molecule has 1 N–H and O–H groups in total. The predicted molar refractivity (Wildman–Crippen MR) is 88.3 cm³/mol. The highest BCUT2D eigenvalue weighted by molar-refractivity contribution is 4.93. The van der Waals surface area contributed by atoms with E-state index in [0.29, 0.717) is 0 Å². The predicted octanol–water partition coefficient (Wildman–Crippen LogP) is 3.67. The molecule has 4 aliphatic rings. The molecule has 3 aliphatic carbocycles. The third-order valence-electron chi connectivity index (χ3n) is 7.21. The molecule has 0 aromatic rings. The Morgan fingerprint density at radius 3 is 2.52 bits per heavy atom. The molecule has 0 radical (unpaired) electrons. The van der Waals surface area contributed by atoms with Crippen LogP contribution in [0.2, 0.25) is 0 Å². The van der Waals surface area contributed by atoms with Gasteiger partial charge in [-0.1, -0.05) is 19.3 Å². The molecule has 0 aromatic heterocycles. The topological polar surface area (TPSA) is 15.3 Å². The molecule has 6 unspecified atom stereocenters. The zero-order chi connectivity index (χ0) is 14.2. The van der Waals surface area contributed by atoms with Gasteiger partial charge in [0.05, 0.1) is 0 Å². The van der Waals surface area contributed by atoms with Gasteiger partial charge in [-0.05, 0) is 75.7 Å². The summed E-state index contributed by atoms with van der Waals surface area (Å²) in [6.45, 7) is 2.66. The summed E-state index contributed by atoms with van der Waals surface area (Å²) in [5, 5.41) is 4.00. The van der Waals surface area contributed by atoms with Crippen LogP contribution in [0.3, 0.4) is 0 Å². The van der Waals surface area contributed by atoms with Crippen LogP contribution in [0.1, 0.15) is 64.2 Å². The second-order valence-corrected chi connectivity index (χ2v) is 8.75. The molecule has 4 rings (SSSR count). The van der Waals surface area contributed by atoms with E-state index in [1.807, 2.05) is 0 Å². The fourth-order valence-corrected chi connectivity index (χ4v) is 6.17. The highest BCUT2D eigenvalue weighted by Crippen LogP contribution is 2.48. The van der Waals surface area contributed by atoms with Crippen molar-refractivity contribution in [3.05, 3.63) is 0 Å². The number of piperidine rings is 1. The van der Waals surface area contributed by atoms with Gasteiger partial charge in [0.15, 0.2) is 0 Å². The maximum absolute atomic E-state index is 4.00. The molecule has 4 fully saturated rings. The molecule has 1 heterocycles. The lowest BCUT2D eigenvalue weighted by Gasteiger charge is -2.42. The van der Waals surface area contributed by atoms with Gasteiger partial charge in [-0.25, -0.2) is 0 Å². The monoisotopic (exact) mass is 290 g/mol. The van der Waals surface area contributed by atoms with Crippen molar-refractivity contribution in [1.29, 1.82) is 0 Å². The molecular formula is C19H34N2. The molecule has 6 atom stereocenters. The van der Waals surface area contributed by atoms with Crippen molar-refractivity contribution in [3.63, 3.8) is 0 Å². The first-order chi connectivity index (χ1) is 10.3. The molecule has 3 saturated carbocycles. The Morgan fingerprint density at radius 1 is 0.857 bits per heavy atom. The minimum atomic E-state index is 0.771. The number of hydrogen-bond donors (Lipinski definition) is 1. The number of rotatable bonds is 4. The normalized spacial score (nSPS) is 46.0. The van der Waals surface area contributed by atoms with Crippen LogP contribution in [0.25, 0.3) is 0 Å². The summed E-state index contributed by atoms with van der Waals surface area (Å²) >= 11 is 0. The Hall–Kier alpha value is -0.0800. The van der Waals surface area contributed by atoms with Crippen LogP contribution < -0.4 is 5.32 Å². The van der Waals surface area contributed by atoms with Gasteiger partial charge in [0.25, 0.3) is 0 Å². The van der Waals surface area contributed by atoms with Gasteiger partial charge < -0.3 is 10.2 Å². The third-order valence-corrected chi connectivity index (χ3v) is 7.21. The van der Waals surface area contributed by atoms with E-state index in [4.69, 9.17) is 0 Å². The summed E-state index contributed by atoms with van der Waals surface area (Å²) in [5.41, 5.74) is 0. The van der Waals surface area contributed by atoms with E-state index < -0.39 is 0 Å². The standard InChI is InChI=1S/C19H34N2/c1-21(12-17-11-14-6-7-16(17)10-14)13-18-9-8-15-4-2-3-5-19(15)20-18/h14-20H,2-13H2,1H3. The number of nitrogens with one attached hydrogen (secondary N) is 1. The lowest BCUT2D eigenvalue weighted by molar-refractivity contribution is 0.140. The zero-order valence-electron chi connectivity index (χ0n) is 13.9. The lowest BCUT2D eigenvalue weighted by Crippen LogP contribution is -2.52. The van der Waals surface area contributed by atoms with Crippen molar-refractivity contribution in [2.75, 3.05) is 20.1 Å². The summed E-state index contributed by atoms with van der Waals surface area (Å²) in [7, 11) is 2.38. The molecule has 1 aliphatic heterocycles. The summed E-state index contributed by atoms with van der Waals surface area (Å²) in [5.74, 6) is 4.22. The minimum Gasteiger partial charge on any atom is -0.310 e. The largest absolute Gasteiger partial charge is 0.310 e.